The number of imidazole rings is 1. The Bertz CT molecular complexity index is 859. The molecule has 0 aliphatic carbocycles. The van der Waals surface area contributed by atoms with Crippen molar-refractivity contribution in [1.82, 2.24) is 24.0 Å². The van der Waals surface area contributed by atoms with Gasteiger partial charge in [-0.15, -0.1) is 0 Å². The SMILES string of the molecule is CN(C)C=Nc1nc2c(ncn2[C@@H]2O[C@H](CO)[C@H](O)C2O)c(=O)n1C. The number of fused-ring (bicyclic) bond motifs is 1. The van der Waals surface area contributed by atoms with Crippen molar-refractivity contribution in [3.8, 4) is 0 Å². The van der Waals surface area contributed by atoms with Crippen LogP contribution in [0.15, 0.2) is 16.1 Å². The zero-order valence-electron chi connectivity index (χ0n) is 14.0. The number of nitrogens with zero attached hydrogens (tertiary/aromatic N) is 6. The molecule has 3 N–H and O–H groups in total. The van der Waals surface area contributed by atoms with Crippen molar-refractivity contribution in [2.45, 2.75) is 24.5 Å². The highest BCUT2D eigenvalue weighted by Gasteiger charge is 2.44. The quantitative estimate of drug-likeness (QED) is 0.423. The van der Waals surface area contributed by atoms with Gasteiger partial charge in [0.05, 0.1) is 19.3 Å². The molecule has 4 atom stereocenters. The van der Waals surface area contributed by atoms with Crippen molar-refractivity contribution in [3.63, 3.8) is 0 Å². The molecule has 1 saturated heterocycles. The summed E-state index contributed by atoms with van der Waals surface area (Å²) in [4.78, 5) is 26.7. The average Bonchev–Trinajstić information content (AvgIpc) is 3.11. The van der Waals surface area contributed by atoms with E-state index < -0.39 is 36.7 Å². The van der Waals surface area contributed by atoms with Gasteiger partial charge in [-0.3, -0.25) is 13.9 Å². The summed E-state index contributed by atoms with van der Waals surface area (Å²) in [7, 11) is 5.09. The van der Waals surface area contributed by atoms with E-state index in [0.717, 1.165) is 0 Å². The molecular formula is C14H20N6O5. The highest BCUT2D eigenvalue weighted by atomic mass is 16.6. The Hall–Kier alpha value is -2.34. The lowest BCUT2D eigenvalue weighted by Crippen LogP contribution is -2.33. The minimum absolute atomic E-state index is 0.0871. The Morgan fingerprint density at radius 3 is 2.72 bits per heavy atom. The van der Waals surface area contributed by atoms with Crippen molar-refractivity contribution in [2.75, 3.05) is 20.7 Å². The third kappa shape index (κ3) is 2.91. The van der Waals surface area contributed by atoms with Crippen LogP contribution in [-0.2, 0) is 11.8 Å². The first-order valence-corrected chi connectivity index (χ1v) is 7.61. The van der Waals surface area contributed by atoms with E-state index in [9.17, 15) is 20.1 Å². The van der Waals surface area contributed by atoms with Gasteiger partial charge in [0, 0.05) is 21.1 Å². The third-order valence-corrected chi connectivity index (χ3v) is 3.98. The lowest BCUT2D eigenvalue weighted by atomic mass is 10.1. The highest BCUT2D eigenvalue weighted by molar-refractivity contribution is 5.71. The van der Waals surface area contributed by atoms with Gasteiger partial charge >= 0.3 is 0 Å². The number of aliphatic imine (C=N–C) groups is 1. The van der Waals surface area contributed by atoms with Crippen LogP contribution in [0.3, 0.4) is 0 Å². The predicted octanol–water partition coefficient (Wildman–Crippen LogP) is -2.04. The summed E-state index contributed by atoms with van der Waals surface area (Å²) < 4.78 is 8.09. The molecule has 1 fully saturated rings. The van der Waals surface area contributed by atoms with Crippen LogP contribution in [0.1, 0.15) is 6.23 Å². The first-order chi connectivity index (χ1) is 11.8. The average molecular weight is 352 g/mol. The molecule has 0 aromatic carbocycles. The summed E-state index contributed by atoms with van der Waals surface area (Å²) in [5, 5.41) is 29.3. The van der Waals surface area contributed by atoms with Gasteiger partial charge in [-0.05, 0) is 0 Å². The first kappa shape index (κ1) is 17.5. The lowest BCUT2D eigenvalue weighted by Gasteiger charge is -2.16. The molecule has 2 aromatic rings. The fourth-order valence-electron chi connectivity index (χ4n) is 2.61. The van der Waals surface area contributed by atoms with Gasteiger partial charge in [-0.1, -0.05) is 0 Å². The minimum Gasteiger partial charge on any atom is -0.394 e. The summed E-state index contributed by atoms with van der Waals surface area (Å²) in [6, 6.07) is 0. The molecule has 1 aliphatic heterocycles. The van der Waals surface area contributed by atoms with E-state index in [1.54, 1.807) is 19.0 Å². The maximum Gasteiger partial charge on any atom is 0.282 e. The van der Waals surface area contributed by atoms with Crippen LogP contribution in [0.2, 0.25) is 0 Å². The van der Waals surface area contributed by atoms with Crippen LogP contribution in [0.5, 0.6) is 0 Å². The van der Waals surface area contributed by atoms with Crippen molar-refractivity contribution < 1.29 is 20.1 Å². The molecule has 3 rings (SSSR count). The van der Waals surface area contributed by atoms with Gasteiger partial charge in [0.2, 0.25) is 5.95 Å². The topological polar surface area (TPSA) is 138 Å². The number of aliphatic hydroxyl groups excluding tert-OH is 3. The fourth-order valence-corrected chi connectivity index (χ4v) is 2.61. The van der Waals surface area contributed by atoms with E-state index in [1.807, 2.05) is 0 Å². The van der Waals surface area contributed by atoms with Crippen LogP contribution in [0, 0.1) is 0 Å². The van der Waals surface area contributed by atoms with Crippen molar-refractivity contribution in [1.29, 1.82) is 0 Å². The Morgan fingerprint density at radius 1 is 1.40 bits per heavy atom. The van der Waals surface area contributed by atoms with Gasteiger partial charge in [0.25, 0.3) is 5.56 Å². The molecule has 0 spiro atoms. The van der Waals surface area contributed by atoms with Gasteiger partial charge in [-0.2, -0.15) is 4.98 Å². The van der Waals surface area contributed by atoms with Gasteiger partial charge in [0.15, 0.2) is 17.4 Å². The van der Waals surface area contributed by atoms with Crippen molar-refractivity contribution >= 4 is 23.5 Å². The normalized spacial score (nSPS) is 26.8. The molecule has 0 radical (unpaired) electrons. The Morgan fingerprint density at radius 2 is 2.12 bits per heavy atom. The van der Waals surface area contributed by atoms with Crippen LogP contribution in [0.4, 0.5) is 5.95 Å². The monoisotopic (exact) mass is 352 g/mol. The molecular weight excluding hydrogens is 332 g/mol. The predicted molar refractivity (Wildman–Crippen MR) is 87.6 cm³/mol. The molecule has 11 nitrogen and oxygen atoms in total. The van der Waals surface area contributed by atoms with Gasteiger partial charge in [-0.25, -0.2) is 9.98 Å². The van der Waals surface area contributed by atoms with E-state index in [1.165, 1.54) is 28.8 Å². The molecule has 25 heavy (non-hydrogen) atoms. The van der Waals surface area contributed by atoms with Crippen LogP contribution < -0.4 is 5.56 Å². The zero-order valence-corrected chi connectivity index (χ0v) is 14.0. The number of hydrogen-bond donors (Lipinski definition) is 3. The van der Waals surface area contributed by atoms with E-state index >= 15 is 0 Å². The maximum absolute atomic E-state index is 12.5. The largest absolute Gasteiger partial charge is 0.394 e. The van der Waals surface area contributed by atoms with Gasteiger partial charge < -0.3 is 25.0 Å². The highest BCUT2D eigenvalue weighted by Crippen LogP contribution is 2.31. The second-order valence-electron chi connectivity index (χ2n) is 6.04. The second kappa shape index (κ2) is 6.52. The summed E-state index contributed by atoms with van der Waals surface area (Å²) in [5.74, 6) is 0.152. The van der Waals surface area contributed by atoms with E-state index in [-0.39, 0.29) is 17.1 Å². The number of hydrogen-bond acceptors (Lipinski definition) is 8. The summed E-state index contributed by atoms with van der Waals surface area (Å²) >= 11 is 0. The number of aliphatic hydroxyl groups is 3. The van der Waals surface area contributed by atoms with Crippen molar-refractivity contribution in [2.24, 2.45) is 12.0 Å². The number of ether oxygens (including phenoxy) is 1. The van der Waals surface area contributed by atoms with E-state index in [2.05, 4.69) is 15.0 Å². The summed E-state index contributed by atoms with van der Waals surface area (Å²) in [6.45, 7) is -0.449. The third-order valence-electron chi connectivity index (χ3n) is 3.98. The molecule has 136 valence electrons. The molecule has 1 unspecified atom stereocenters. The van der Waals surface area contributed by atoms with Crippen molar-refractivity contribution in [3.05, 3.63) is 16.7 Å². The second-order valence-corrected chi connectivity index (χ2v) is 6.04. The maximum atomic E-state index is 12.5. The molecule has 0 amide bonds. The van der Waals surface area contributed by atoms with Gasteiger partial charge in [0.1, 0.15) is 18.3 Å². The van der Waals surface area contributed by atoms with Crippen LogP contribution in [-0.4, -0.2) is 84.7 Å². The summed E-state index contributed by atoms with van der Waals surface area (Å²) in [6.07, 6.45) is -1.71. The van der Waals surface area contributed by atoms with Crippen LogP contribution in [0.25, 0.3) is 11.2 Å². The lowest BCUT2D eigenvalue weighted by molar-refractivity contribution is -0.0511. The van der Waals surface area contributed by atoms with Crippen LogP contribution >= 0.6 is 0 Å². The number of aromatic nitrogens is 4. The fraction of sp³-hybridized carbons (Fsp3) is 0.571. The van der Waals surface area contributed by atoms with E-state index in [4.69, 9.17) is 4.74 Å². The molecule has 3 heterocycles. The standard InChI is InChI=1S/C14H20N6O5/c1-18(2)5-16-14-17-11-8(12(24)19(14)3)15-6-20(11)13-10(23)9(22)7(4-21)25-13/h5-7,9-10,13,21-23H,4H2,1-3H3/t7-,9+,10?,13-/m1/s1. The Balaban J connectivity index is 2.11. The molecule has 1 aliphatic rings. The number of rotatable bonds is 4. The Labute approximate surface area is 142 Å². The molecule has 0 bridgehead atoms. The minimum atomic E-state index is -1.30. The molecule has 2 aromatic heterocycles. The summed E-state index contributed by atoms with van der Waals surface area (Å²) in [5.41, 5.74) is -0.144. The Kier molecular flexibility index (Phi) is 4.56. The first-order valence-electron chi connectivity index (χ1n) is 7.61. The van der Waals surface area contributed by atoms with E-state index in [0.29, 0.717) is 0 Å². The smallest absolute Gasteiger partial charge is 0.282 e. The molecule has 0 saturated carbocycles. The molecule has 11 heteroatoms. The zero-order chi connectivity index (χ0) is 18.3.